The van der Waals surface area contributed by atoms with E-state index in [0.717, 1.165) is 13.0 Å². The number of nitrogens with zero attached hydrogens (tertiary/aromatic N) is 1. The van der Waals surface area contributed by atoms with Gasteiger partial charge in [0.15, 0.2) is 0 Å². The van der Waals surface area contributed by atoms with Gasteiger partial charge in [-0.1, -0.05) is 24.6 Å². The Morgan fingerprint density at radius 2 is 2.32 bits per heavy atom. The molecule has 0 aliphatic heterocycles. The van der Waals surface area contributed by atoms with E-state index >= 15 is 0 Å². The first-order chi connectivity index (χ1) is 9.40. The molecular formula is C17H26N2. The van der Waals surface area contributed by atoms with Crippen LogP contribution in [0.2, 0.25) is 0 Å². The first-order valence-electron chi connectivity index (χ1n) is 7.71. The number of allylic oxidation sites excluding steroid dienone is 1. The molecule has 1 aliphatic rings. The van der Waals surface area contributed by atoms with Crippen molar-refractivity contribution < 1.29 is 0 Å². The summed E-state index contributed by atoms with van der Waals surface area (Å²) in [5, 5.41) is 3.72. The quantitative estimate of drug-likeness (QED) is 0.751. The van der Waals surface area contributed by atoms with Crippen molar-refractivity contribution >= 4 is 0 Å². The Labute approximate surface area is 117 Å². The molecule has 1 atom stereocenters. The van der Waals surface area contributed by atoms with E-state index in [0.29, 0.717) is 6.04 Å². The summed E-state index contributed by atoms with van der Waals surface area (Å²) in [7, 11) is 0. The summed E-state index contributed by atoms with van der Waals surface area (Å²) in [6, 6.07) is 4.78. The van der Waals surface area contributed by atoms with E-state index in [-0.39, 0.29) is 0 Å². The third kappa shape index (κ3) is 4.79. The van der Waals surface area contributed by atoms with Crippen LogP contribution < -0.4 is 5.32 Å². The molecule has 1 heterocycles. The van der Waals surface area contributed by atoms with Crippen molar-refractivity contribution in [1.82, 2.24) is 10.3 Å². The fraction of sp³-hybridized carbons (Fsp3) is 0.588. The first-order valence-corrected chi connectivity index (χ1v) is 7.71. The number of nitrogens with one attached hydrogen (secondary N) is 1. The van der Waals surface area contributed by atoms with Crippen LogP contribution >= 0.6 is 0 Å². The molecule has 2 rings (SSSR count). The molecule has 0 aromatic carbocycles. The molecule has 2 heteroatoms. The molecule has 1 N–H and O–H groups in total. The molecule has 2 nitrogen and oxygen atoms in total. The van der Waals surface area contributed by atoms with Crippen LogP contribution in [0.15, 0.2) is 36.2 Å². The van der Waals surface area contributed by atoms with Gasteiger partial charge in [-0.25, -0.2) is 0 Å². The SMILES string of the molecule is CCCNC(CCc1cccnc1)C1=CCCCC1. The Morgan fingerprint density at radius 3 is 3.00 bits per heavy atom. The lowest BCUT2D eigenvalue weighted by Gasteiger charge is -2.24. The van der Waals surface area contributed by atoms with Crippen molar-refractivity contribution in [3.63, 3.8) is 0 Å². The minimum atomic E-state index is 0.570. The summed E-state index contributed by atoms with van der Waals surface area (Å²) >= 11 is 0. The number of hydrogen-bond acceptors (Lipinski definition) is 2. The molecule has 1 unspecified atom stereocenters. The second kappa shape index (κ2) is 8.11. The average Bonchev–Trinajstić information content (AvgIpc) is 2.49. The van der Waals surface area contributed by atoms with E-state index in [9.17, 15) is 0 Å². The van der Waals surface area contributed by atoms with Gasteiger partial charge in [-0.2, -0.15) is 0 Å². The Hall–Kier alpha value is -1.15. The van der Waals surface area contributed by atoms with Crippen LogP contribution in [-0.2, 0) is 6.42 Å². The Bertz CT molecular complexity index is 384. The highest BCUT2D eigenvalue weighted by Gasteiger charge is 2.15. The molecule has 0 saturated carbocycles. The van der Waals surface area contributed by atoms with Gasteiger partial charge >= 0.3 is 0 Å². The van der Waals surface area contributed by atoms with Crippen LogP contribution in [0.5, 0.6) is 0 Å². The predicted octanol–water partition coefficient (Wildman–Crippen LogP) is 3.88. The van der Waals surface area contributed by atoms with Crippen LogP contribution in [0.25, 0.3) is 0 Å². The summed E-state index contributed by atoms with van der Waals surface area (Å²) in [5.74, 6) is 0. The zero-order valence-corrected chi connectivity index (χ0v) is 12.1. The number of pyridine rings is 1. The van der Waals surface area contributed by atoms with Crippen LogP contribution in [0.4, 0.5) is 0 Å². The molecule has 19 heavy (non-hydrogen) atoms. The van der Waals surface area contributed by atoms with E-state index in [1.54, 1.807) is 5.57 Å². The first kappa shape index (κ1) is 14.3. The number of aromatic nitrogens is 1. The van der Waals surface area contributed by atoms with Crippen molar-refractivity contribution in [2.24, 2.45) is 0 Å². The van der Waals surface area contributed by atoms with Crippen molar-refractivity contribution in [1.29, 1.82) is 0 Å². The maximum atomic E-state index is 4.20. The molecule has 0 bridgehead atoms. The maximum absolute atomic E-state index is 4.20. The predicted molar refractivity (Wildman–Crippen MR) is 81.2 cm³/mol. The fourth-order valence-electron chi connectivity index (χ4n) is 2.77. The van der Waals surface area contributed by atoms with Gasteiger partial charge in [0.1, 0.15) is 0 Å². The second-order valence-corrected chi connectivity index (χ2v) is 5.43. The summed E-state index contributed by atoms with van der Waals surface area (Å²) in [4.78, 5) is 4.20. The minimum Gasteiger partial charge on any atom is -0.310 e. The van der Waals surface area contributed by atoms with Gasteiger partial charge in [-0.05, 0) is 63.1 Å². The van der Waals surface area contributed by atoms with E-state index in [2.05, 4.69) is 29.4 Å². The lowest BCUT2D eigenvalue weighted by atomic mass is 9.90. The molecule has 0 spiro atoms. The molecular weight excluding hydrogens is 232 g/mol. The van der Waals surface area contributed by atoms with E-state index < -0.39 is 0 Å². The summed E-state index contributed by atoms with van der Waals surface area (Å²) < 4.78 is 0. The molecule has 0 fully saturated rings. The van der Waals surface area contributed by atoms with Crippen LogP contribution in [0, 0.1) is 0 Å². The molecule has 1 aliphatic carbocycles. The number of hydrogen-bond donors (Lipinski definition) is 1. The van der Waals surface area contributed by atoms with Gasteiger partial charge in [0.25, 0.3) is 0 Å². The third-order valence-electron chi connectivity index (χ3n) is 3.86. The van der Waals surface area contributed by atoms with Crippen LogP contribution in [-0.4, -0.2) is 17.6 Å². The molecule has 1 aromatic heterocycles. The second-order valence-electron chi connectivity index (χ2n) is 5.43. The molecule has 104 valence electrons. The van der Waals surface area contributed by atoms with Gasteiger partial charge < -0.3 is 5.32 Å². The largest absolute Gasteiger partial charge is 0.310 e. The Morgan fingerprint density at radius 1 is 1.37 bits per heavy atom. The van der Waals surface area contributed by atoms with E-state index in [1.165, 1.54) is 44.1 Å². The van der Waals surface area contributed by atoms with Crippen LogP contribution in [0.1, 0.15) is 51.0 Å². The smallest absolute Gasteiger partial charge is 0.0299 e. The number of rotatable bonds is 7. The Kier molecular flexibility index (Phi) is 6.09. The highest BCUT2D eigenvalue weighted by atomic mass is 14.9. The maximum Gasteiger partial charge on any atom is 0.0299 e. The monoisotopic (exact) mass is 258 g/mol. The summed E-state index contributed by atoms with van der Waals surface area (Å²) in [5.41, 5.74) is 2.99. The molecule has 1 aromatic rings. The highest BCUT2D eigenvalue weighted by molar-refractivity contribution is 5.15. The molecule has 0 saturated heterocycles. The zero-order valence-electron chi connectivity index (χ0n) is 12.1. The molecule has 0 radical (unpaired) electrons. The van der Waals surface area contributed by atoms with E-state index in [1.807, 2.05) is 18.5 Å². The minimum absolute atomic E-state index is 0.570. The van der Waals surface area contributed by atoms with E-state index in [4.69, 9.17) is 0 Å². The van der Waals surface area contributed by atoms with Crippen molar-refractivity contribution in [3.05, 3.63) is 41.7 Å². The average molecular weight is 258 g/mol. The van der Waals surface area contributed by atoms with Crippen molar-refractivity contribution in [3.8, 4) is 0 Å². The van der Waals surface area contributed by atoms with Gasteiger partial charge in [0, 0.05) is 18.4 Å². The van der Waals surface area contributed by atoms with Gasteiger partial charge in [-0.15, -0.1) is 0 Å². The lowest BCUT2D eigenvalue weighted by Crippen LogP contribution is -2.32. The Balaban J connectivity index is 1.91. The zero-order chi connectivity index (χ0) is 13.3. The summed E-state index contributed by atoms with van der Waals surface area (Å²) in [6.07, 6.45) is 15.1. The highest BCUT2D eigenvalue weighted by Crippen LogP contribution is 2.22. The van der Waals surface area contributed by atoms with Crippen molar-refractivity contribution in [2.75, 3.05) is 6.54 Å². The van der Waals surface area contributed by atoms with Crippen molar-refractivity contribution in [2.45, 2.75) is 57.9 Å². The molecule has 0 amide bonds. The number of aryl methyl sites for hydroxylation is 1. The van der Waals surface area contributed by atoms with Gasteiger partial charge in [-0.3, -0.25) is 4.98 Å². The van der Waals surface area contributed by atoms with Gasteiger partial charge in [0.05, 0.1) is 0 Å². The normalized spacial score (nSPS) is 17.0. The fourth-order valence-corrected chi connectivity index (χ4v) is 2.77. The lowest BCUT2D eigenvalue weighted by molar-refractivity contribution is 0.502. The summed E-state index contributed by atoms with van der Waals surface area (Å²) in [6.45, 7) is 3.36. The van der Waals surface area contributed by atoms with Crippen LogP contribution in [0.3, 0.4) is 0 Å². The third-order valence-corrected chi connectivity index (χ3v) is 3.86. The van der Waals surface area contributed by atoms with Gasteiger partial charge in [0.2, 0.25) is 0 Å². The topological polar surface area (TPSA) is 24.9 Å². The standard InChI is InChI=1S/C17H26N2/c1-2-12-19-17(16-8-4-3-5-9-16)11-10-15-7-6-13-18-14-15/h6-8,13-14,17,19H,2-5,9-12H2,1H3.